The molecule has 0 radical (unpaired) electrons. The summed E-state index contributed by atoms with van der Waals surface area (Å²) in [6.07, 6.45) is 1.29. The summed E-state index contributed by atoms with van der Waals surface area (Å²) in [5, 5.41) is 8.77. The summed E-state index contributed by atoms with van der Waals surface area (Å²) in [5.41, 5.74) is 5.70. The van der Waals surface area contributed by atoms with Gasteiger partial charge in [-0.25, -0.2) is 4.90 Å². The summed E-state index contributed by atoms with van der Waals surface area (Å²) >= 11 is 0. The molecule has 0 aromatic heterocycles. The molecular formula is C11H11N3O2. The molecule has 0 aliphatic rings. The van der Waals surface area contributed by atoms with Crippen LogP contribution >= 0.6 is 0 Å². The molecule has 16 heavy (non-hydrogen) atoms. The van der Waals surface area contributed by atoms with Crippen LogP contribution in [-0.4, -0.2) is 16.7 Å². The third-order valence-corrected chi connectivity index (χ3v) is 1.93. The Morgan fingerprint density at radius 3 is 2.44 bits per heavy atom. The van der Waals surface area contributed by atoms with Crippen molar-refractivity contribution in [3.8, 4) is 6.19 Å². The lowest BCUT2D eigenvalue weighted by Crippen LogP contribution is -2.29. The molecule has 5 nitrogen and oxygen atoms in total. The van der Waals surface area contributed by atoms with Gasteiger partial charge in [0.15, 0.2) is 6.19 Å². The minimum atomic E-state index is -0.738. The summed E-state index contributed by atoms with van der Waals surface area (Å²) in [5.74, 6) is -1.32. The summed E-state index contributed by atoms with van der Waals surface area (Å²) in [7, 11) is 0. The maximum Gasteiger partial charge on any atom is 0.245 e. The number of rotatable bonds is 4. The number of primary amides is 1. The highest BCUT2D eigenvalue weighted by molar-refractivity contribution is 5.96. The largest absolute Gasteiger partial charge is 0.369 e. The van der Waals surface area contributed by atoms with Crippen LogP contribution in [0.4, 0.5) is 0 Å². The lowest BCUT2D eigenvalue weighted by atomic mass is 10.2. The van der Waals surface area contributed by atoms with Crippen LogP contribution in [-0.2, 0) is 16.1 Å². The van der Waals surface area contributed by atoms with E-state index in [0.29, 0.717) is 0 Å². The molecule has 0 heterocycles. The van der Waals surface area contributed by atoms with Gasteiger partial charge in [0.25, 0.3) is 0 Å². The van der Waals surface area contributed by atoms with Crippen LogP contribution in [0.25, 0.3) is 0 Å². The minimum Gasteiger partial charge on any atom is -0.369 e. The van der Waals surface area contributed by atoms with Gasteiger partial charge in [-0.3, -0.25) is 9.59 Å². The fraction of sp³-hybridized carbons (Fsp3) is 0.182. The molecule has 5 heteroatoms. The number of carbonyl (C=O) groups is 2. The first-order valence-corrected chi connectivity index (χ1v) is 4.66. The summed E-state index contributed by atoms with van der Waals surface area (Å²) < 4.78 is 0. The summed E-state index contributed by atoms with van der Waals surface area (Å²) in [4.78, 5) is 22.9. The lowest BCUT2D eigenvalue weighted by molar-refractivity contribution is -0.133. The molecule has 0 aliphatic carbocycles. The standard InChI is InChI=1S/C11H11N3O2/c12-8-14(11(16)6-10(13)15)7-9-4-2-1-3-5-9/h1-5H,6-7H2,(H2,13,15). The van der Waals surface area contributed by atoms with E-state index in [2.05, 4.69) is 0 Å². The van der Waals surface area contributed by atoms with Gasteiger partial charge >= 0.3 is 0 Å². The molecule has 0 spiro atoms. The molecule has 0 saturated carbocycles. The van der Waals surface area contributed by atoms with Crippen LogP contribution in [0, 0.1) is 11.5 Å². The first-order valence-electron chi connectivity index (χ1n) is 4.66. The van der Waals surface area contributed by atoms with Crippen molar-refractivity contribution in [1.29, 1.82) is 5.26 Å². The molecule has 0 bridgehead atoms. The first kappa shape index (κ1) is 11.7. The quantitative estimate of drug-likeness (QED) is 0.449. The molecule has 0 unspecified atom stereocenters. The van der Waals surface area contributed by atoms with Gasteiger partial charge < -0.3 is 5.73 Å². The van der Waals surface area contributed by atoms with E-state index in [1.807, 2.05) is 18.2 Å². The smallest absolute Gasteiger partial charge is 0.245 e. The molecular weight excluding hydrogens is 206 g/mol. The Morgan fingerprint density at radius 1 is 1.31 bits per heavy atom. The van der Waals surface area contributed by atoms with Crippen molar-refractivity contribution in [2.75, 3.05) is 0 Å². The van der Waals surface area contributed by atoms with E-state index in [1.54, 1.807) is 18.3 Å². The fourth-order valence-corrected chi connectivity index (χ4v) is 1.19. The molecule has 1 aromatic carbocycles. The van der Waals surface area contributed by atoms with E-state index in [4.69, 9.17) is 11.0 Å². The van der Waals surface area contributed by atoms with Crippen LogP contribution in [0.5, 0.6) is 0 Å². The highest BCUT2D eigenvalue weighted by atomic mass is 16.2. The highest BCUT2D eigenvalue weighted by Crippen LogP contribution is 2.04. The molecule has 0 saturated heterocycles. The first-order chi connectivity index (χ1) is 7.63. The van der Waals surface area contributed by atoms with E-state index in [0.717, 1.165) is 10.5 Å². The predicted octanol–water partition coefficient (Wildman–Crippen LogP) is 0.372. The van der Waals surface area contributed by atoms with Gasteiger partial charge in [0.2, 0.25) is 11.8 Å². The van der Waals surface area contributed by atoms with Gasteiger partial charge in [-0.2, -0.15) is 5.26 Å². The molecule has 82 valence electrons. The number of nitrogens with two attached hydrogens (primary N) is 1. The average molecular weight is 217 g/mol. The zero-order valence-electron chi connectivity index (χ0n) is 8.59. The number of hydrogen-bond donors (Lipinski definition) is 1. The second-order valence-electron chi connectivity index (χ2n) is 3.21. The molecule has 2 amide bonds. The number of carbonyl (C=O) groups excluding carboxylic acids is 2. The van der Waals surface area contributed by atoms with E-state index in [1.165, 1.54) is 0 Å². The third-order valence-electron chi connectivity index (χ3n) is 1.93. The van der Waals surface area contributed by atoms with Crippen molar-refractivity contribution in [2.24, 2.45) is 5.73 Å². The normalized spacial score (nSPS) is 9.19. The number of nitriles is 1. The zero-order valence-corrected chi connectivity index (χ0v) is 8.59. The van der Waals surface area contributed by atoms with Crippen molar-refractivity contribution < 1.29 is 9.59 Å². The Balaban J connectivity index is 2.67. The van der Waals surface area contributed by atoms with Crippen LogP contribution in [0.3, 0.4) is 0 Å². The van der Waals surface area contributed by atoms with E-state index >= 15 is 0 Å². The molecule has 0 atom stereocenters. The van der Waals surface area contributed by atoms with Crippen LogP contribution in [0.2, 0.25) is 0 Å². The van der Waals surface area contributed by atoms with Gasteiger partial charge in [-0.05, 0) is 5.56 Å². The van der Waals surface area contributed by atoms with Gasteiger partial charge in [0, 0.05) is 0 Å². The number of amides is 2. The Morgan fingerprint density at radius 2 is 1.94 bits per heavy atom. The number of nitrogens with zero attached hydrogens (tertiary/aromatic N) is 2. The summed E-state index contributed by atoms with van der Waals surface area (Å²) in [6.45, 7) is 0.156. The van der Waals surface area contributed by atoms with Crippen molar-refractivity contribution in [3.63, 3.8) is 0 Å². The van der Waals surface area contributed by atoms with Gasteiger partial charge in [-0.15, -0.1) is 0 Å². The van der Waals surface area contributed by atoms with Crippen LogP contribution in [0.15, 0.2) is 30.3 Å². The maximum absolute atomic E-state index is 11.4. The Labute approximate surface area is 93.1 Å². The van der Waals surface area contributed by atoms with Gasteiger partial charge in [0.05, 0.1) is 6.54 Å². The Hall–Kier alpha value is -2.35. The molecule has 0 fully saturated rings. The van der Waals surface area contributed by atoms with E-state index in [9.17, 15) is 9.59 Å². The van der Waals surface area contributed by atoms with Crippen molar-refractivity contribution in [2.45, 2.75) is 13.0 Å². The van der Waals surface area contributed by atoms with Crippen molar-refractivity contribution in [1.82, 2.24) is 4.90 Å². The van der Waals surface area contributed by atoms with E-state index < -0.39 is 18.2 Å². The summed E-state index contributed by atoms with van der Waals surface area (Å²) in [6, 6.07) is 9.04. The maximum atomic E-state index is 11.4. The van der Waals surface area contributed by atoms with Crippen molar-refractivity contribution in [3.05, 3.63) is 35.9 Å². The van der Waals surface area contributed by atoms with Crippen LogP contribution in [0.1, 0.15) is 12.0 Å². The van der Waals surface area contributed by atoms with Crippen molar-refractivity contribution >= 4 is 11.8 Å². The second-order valence-corrected chi connectivity index (χ2v) is 3.21. The third kappa shape index (κ3) is 3.42. The Bertz CT molecular complexity index is 423. The Kier molecular flexibility index (Phi) is 4.04. The average Bonchev–Trinajstić information content (AvgIpc) is 2.26. The van der Waals surface area contributed by atoms with E-state index in [-0.39, 0.29) is 6.54 Å². The molecule has 0 aliphatic heterocycles. The number of benzene rings is 1. The van der Waals surface area contributed by atoms with Gasteiger partial charge in [0.1, 0.15) is 6.42 Å². The lowest BCUT2D eigenvalue weighted by Gasteiger charge is -2.12. The predicted molar refractivity (Wildman–Crippen MR) is 56.4 cm³/mol. The molecule has 1 aromatic rings. The minimum absolute atomic E-state index is 0.156. The second kappa shape index (κ2) is 5.51. The highest BCUT2D eigenvalue weighted by Gasteiger charge is 2.15. The number of hydrogen-bond acceptors (Lipinski definition) is 3. The van der Waals surface area contributed by atoms with Crippen LogP contribution < -0.4 is 5.73 Å². The molecule has 1 rings (SSSR count). The zero-order chi connectivity index (χ0) is 12.0. The topological polar surface area (TPSA) is 87.2 Å². The van der Waals surface area contributed by atoms with Gasteiger partial charge in [-0.1, -0.05) is 30.3 Å². The monoisotopic (exact) mass is 217 g/mol. The molecule has 2 N–H and O–H groups in total. The fourth-order valence-electron chi connectivity index (χ4n) is 1.19. The SMILES string of the molecule is N#CN(Cc1ccccc1)C(=O)CC(N)=O.